The molecule has 2 N–H and O–H groups in total. The summed E-state index contributed by atoms with van der Waals surface area (Å²) >= 11 is 0. The normalized spacial score (nSPS) is 10.9. The Morgan fingerprint density at radius 1 is 1.20 bits per heavy atom. The summed E-state index contributed by atoms with van der Waals surface area (Å²) in [6, 6.07) is 10.4. The highest BCUT2D eigenvalue weighted by atomic mass is 19.1. The average Bonchev–Trinajstić information content (AvgIpc) is 2.80. The van der Waals surface area contributed by atoms with Crippen LogP contribution in [0.1, 0.15) is 11.5 Å². The summed E-state index contributed by atoms with van der Waals surface area (Å²) in [6.45, 7) is 2.68. The predicted molar refractivity (Wildman–Crippen MR) is 77.2 cm³/mol. The topological polar surface area (TPSA) is 53.6 Å². The number of nitrogens with zero attached hydrogens (tertiary/aromatic N) is 2. The van der Waals surface area contributed by atoms with E-state index in [0.717, 1.165) is 41.3 Å². The van der Waals surface area contributed by atoms with Gasteiger partial charge in [-0.2, -0.15) is 0 Å². The Kier molecular flexibility index (Phi) is 3.33. The predicted octanol–water partition coefficient (Wildman–Crippen LogP) is 3.06. The van der Waals surface area contributed by atoms with E-state index in [0.29, 0.717) is 0 Å². The Balaban J connectivity index is 1.65. The number of imidazole rings is 1. The van der Waals surface area contributed by atoms with Crippen molar-refractivity contribution in [2.45, 2.75) is 13.3 Å². The van der Waals surface area contributed by atoms with Gasteiger partial charge in [-0.05, 0) is 37.3 Å². The third-order valence-corrected chi connectivity index (χ3v) is 3.05. The second kappa shape index (κ2) is 5.28. The highest BCUT2D eigenvalue weighted by molar-refractivity contribution is 5.74. The molecular weight excluding hydrogens is 255 g/mol. The molecule has 3 rings (SSSR count). The summed E-state index contributed by atoms with van der Waals surface area (Å²) < 4.78 is 13.1. The van der Waals surface area contributed by atoms with Crippen LogP contribution >= 0.6 is 0 Å². The smallest absolute Gasteiger partial charge is 0.126 e. The molecule has 2 aromatic heterocycles. The number of anilines is 1. The molecule has 20 heavy (non-hydrogen) atoms. The Morgan fingerprint density at radius 3 is 2.95 bits per heavy atom. The van der Waals surface area contributed by atoms with Crippen LogP contribution in [0.2, 0.25) is 0 Å². The quantitative estimate of drug-likeness (QED) is 0.766. The molecule has 3 aromatic rings. The number of fused-ring (bicyclic) bond motifs is 1. The second-order valence-corrected chi connectivity index (χ2v) is 4.69. The van der Waals surface area contributed by atoms with Crippen molar-refractivity contribution in [1.82, 2.24) is 15.0 Å². The first-order valence-corrected chi connectivity index (χ1v) is 6.52. The maximum atomic E-state index is 13.1. The molecule has 0 aliphatic rings. The third kappa shape index (κ3) is 2.77. The molecule has 0 bridgehead atoms. The Labute approximate surface area is 116 Å². The first-order chi connectivity index (χ1) is 9.70. The van der Waals surface area contributed by atoms with E-state index in [1.165, 1.54) is 12.1 Å². The average molecular weight is 270 g/mol. The van der Waals surface area contributed by atoms with E-state index in [4.69, 9.17) is 0 Å². The van der Waals surface area contributed by atoms with Crippen LogP contribution in [0, 0.1) is 12.7 Å². The van der Waals surface area contributed by atoms with Crippen molar-refractivity contribution in [3.8, 4) is 0 Å². The number of H-pyrrole nitrogens is 1. The number of benzene rings is 1. The lowest BCUT2D eigenvalue weighted by molar-refractivity contribution is 0.629. The summed E-state index contributed by atoms with van der Waals surface area (Å²) in [5, 5.41) is 3.24. The molecule has 0 fully saturated rings. The molecule has 0 radical (unpaired) electrons. The third-order valence-electron chi connectivity index (χ3n) is 3.05. The lowest BCUT2D eigenvalue weighted by Gasteiger charge is -2.04. The molecule has 4 nitrogen and oxygen atoms in total. The van der Waals surface area contributed by atoms with Gasteiger partial charge in [0, 0.05) is 18.7 Å². The largest absolute Gasteiger partial charge is 0.370 e. The number of aromatic nitrogens is 3. The van der Waals surface area contributed by atoms with Crippen LogP contribution in [0.25, 0.3) is 11.0 Å². The van der Waals surface area contributed by atoms with E-state index in [1.807, 2.05) is 25.1 Å². The lowest BCUT2D eigenvalue weighted by Crippen LogP contribution is -2.07. The second-order valence-electron chi connectivity index (χ2n) is 4.69. The Hall–Kier alpha value is -2.43. The molecule has 2 heterocycles. The zero-order chi connectivity index (χ0) is 13.9. The van der Waals surface area contributed by atoms with Gasteiger partial charge in [0.25, 0.3) is 0 Å². The number of nitrogens with one attached hydrogen (secondary N) is 2. The summed E-state index contributed by atoms with van der Waals surface area (Å²) in [7, 11) is 0. The minimum atomic E-state index is -0.255. The lowest BCUT2D eigenvalue weighted by atomic mass is 10.3. The first kappa shape index (κ1) is 12.6. The van der Waals surface area contributed by atoms with Gasteiger partial charge in [0.15, 0.2) is 0 Å². The van der Waals surface area contributed by atoms with E-state index in [-0.39, 0.29) is 5.82 Å². The first-order valence-electron chi connectivity index (χ1n) is 6.52. The van der Waals surface area contributed by atoms with Gasteiger partial charge in [-0.1, -0.05) is 6.07 Å². The Bertz CT molecular complexity index is 736. The van der Waals surface area contributed by atoms with E-state index in [9.17, 15) is 4.39 Å². The van der Waals surface area contributed by atoms with Crippen LogP contribution in [-0.2, 0) is 6.42 Å². The van der Waals surface area contributed by atoms with Crippen molar-refractivity contribution in [2.75, 3.05) is 11.9 Å². The number of pyridine rings is 1. The molecular formula is C15H15FN4. The number of aromatic amines is 1. The summed E-state index contributed by atoms with van der Waals surface area (Å²) in [5.41, 5.74) is 2.50. The van der Waals surface area contributed by atoms with Crippen molar-refractivity contribution in [3.05, 3.63) is 53.7 Å². The van der Waals surface area contributed by atoms with Crippen molar-refractivity contribution >= 4 is 16.9 Å². The van der Waals surface area contributed by atoms with Crippen LogP contribution in [0.5, 0.6) is 0 Å². The van der Waals surface area contributed by atoms with E-state index >= 15 is 0 Å². The molecule has 102 valence electrons. The minimum absolute atomic E-state index is 0.255. The van der Waals surface area contributed by atoms with Gasteiger partial charge in [0.2, 0.25) is 0 Å². The number of hydrogen-bond acceptors (Lipinski definition) is 3. The number of aryl methyl sites for hydroxylation is 1. The SMILES string of the molecule is Cc1cccc(NCCc2nc3ccc(F)cc3[nH]2)n1. The molecule has 0 atom stereocenters. The molecule has 0 unspecified atom stereocenters. The fourth-order valence-electron chi connectivity index (χ4n) is 2.10. The van der Waals surface area contributed by atoms with Crippen molar-refractivity contribution in [1.29, 1.82) is 0 Å². The standard InChI is InChI=1S/C15H15FN4/c1-10-3-2-4-14(18-10)17-8-7-15-19-12-6-5-11(16)9-13(12)20-15/h2-6,9H,7-8H2,1H3,(H,17,18)(H,19,20). The zero-order valence-corrected chi connectivity index (χ0v) is 11.2. The van der Waals surface area contributed by atoms with Gasteiger partial charge in [-0.15, -0.1) is 0 Å². The van der Waals surface area contributed by atoms with Crippen LogP contribution in [-0.4, -0.2) is 21.5 Å². The molecule has 1 aromatic carbocycles. The molecule has 0 amide bonds. The zero-order valence-electron chi connectivity index (χ0n) is 11.2. The maximum Gasteiger partial charge on any atom is 0.126 e. The van der Waals surface area contributed by atoms with E-state index in [2.05, 4.69) is 20.3 Å². The van der Waals surface area contributed by atoms with Crippen LogP contribution < -0.4 is 5.32 Å². The summed E-state index contributed by atoms with van der Waals surface area (Å²) in [5.74, 6) is 1.44. The van der Waals surface area contributed by atoms with E-state index < -0.39 is 0 Å². The Morgan fingerprint density at radius 2 is 2.10 bits per heavy atom. The number of halogens is 1. The minimum Gasteiger partial charge on any atom is -0.370 e. The molecule has 0 saturated heterocycles. The van der Waals surface area contributed by atoms with Gasteiger partial charge in [-0.3, -0.25) is 0 Å². The number of rotatable bonds is 4. The van der Waals surface area contributed by atoms with Gasteiger partial charge >= 0.3 is 0 Å². The van der Waals surface area contributed by atoms with Crippen molar-refractivity contribution in [3.63, 3.8) is 0 Å². The number of hydrogen-bond donors (Lipinski definition) is 2. The molecule has 0 saturated carbocycles. The molecule has 0 spiro atoms. The summed E-state index contributed by atoms with van der Waals surface area (Å²) in [6.07, 6.45) is 0.728. The van der Waals surface area contributed by atoms with Gasteiger partial charge < -0.3 is 10.3 Å². The van der Waals surface area contributed by atoms with Gasteiger partial charge in [0.05, 0.1) is 11.0 Å². The van der Waals surface area contributed by atoms with Gasteiger partial charge in [0.1, 0.15) is 17.5 Å². The van der Waals surface area contributed by atoms with Crippen LogP contribution in [0.3, 0.4) is 0 Å². The highest BCUT2D eigenvalue weighted by Gasteiger charge is 2.03. The maximum absolute atomic E-state index is 13.1. The molecule has 0 aliphatic heterocycles. The van der Waals surface area contributed by atoms with Crippen LogP contribution in [0.4, 0.5) is 10.2 Å². The van der Waals surface area contributed by atoms with E-state index in [1.54, 1.807) is 6.07 Å². The van der Waals surface area contributed by atoms with Crippen molar-refractivity contribution < 1.29 is 4.39 Å². The fraction of sp³-hybridized carbons (Fsp3) is 0.200. The van der Waals surface area contributed by atoms with Crippen molar-refractivity contribution in [2.24, 2.45) is 0 Å². The fourth-order valence-corrected chi connectivity index (χ4v) is 2.10. The van der Waals surface area contributed by atoms with Gasteiger partial charge in [-0.25, -0.2) is 14.4 Å². The van der Waals surface area contributed by atoms with Crippen LogP contribution in [0.15, 0.2) is 36.4 Å². The highest BCUT2D eigenvalue weighted by Crippen LogP contribution is 2.13. The molecule has 0 aliphatic carbocycles. The monoisotopic (exact) mass is 270 g/mol. The molecule has 5 heteroatoms. The summed E-state index contributed by atoms with van der Waals surface area (Å²) in [4.78, 5) is 11.9.